The second kappa shape index (κ2) is 7.89. The third-order valence-corrected chi connectivity index (χ3v) is 5.12. The number of likely N-dealkylation sites (tertiary alicyclic amines) is 1. The van der Waals surface area contributed by atoms with E-state index < -0.39 is 12.1 Å². The van der Waals surface area contributed by atoms with E-state index in [0.717, 1.165) is 5.56 Å². The van der Waals surface area contributed by atoms with Gasteiger partial charge in [-0.05, 0) is 60.7 Å². The first-order chi connectivity index (χ1) is 12.5. The molecule has 1 aliphatic heterocycles. The fraction of sp³-hybridized carbons (Fsp3) is 0.300. The molecule has 0 radical (unpaired) electrons. The zero-order chi connectivity index (χ0) is 18.7. The summed E-state index contributed by atoms with van der Waals surface area (Å²) in [6.07, 6.45) is 0.852. The minimum atomic E-state index is -1.01. The topological polar surface area (TPSA) is 77.8 Å². The standard InChI is InChI=1S/C20H20ClNO4/c21-17-7-5-13(6-8-17)18(23)14-9-11-22(12-10-14)19(24)15-1-3-16(4-2-15)20(25)26/h1-8,14,18,23H,9-12H2,(H,25,26). The molecule has 2 N–H and O–H groups in total. The van der Waals surface area contributed by atoms with Crippen molar-refractivity contribution in [2.75, 3.05) is 13.1 Å². The summed E-state index contributed by atoms with van der Waals surface area (Å²) in [7, 11) is 0. The molecular weight excluding hydrogens is 354 g/mol. The lowest BCUT2D eigenvalue weighted by Gasteiger charge is -2.34. The van der Waals surface area contributed by atoms with Gasteiger partial charge in [0.2, 0.25) is 0 Å². The fourth-order valence-corrected chi connectivity index (χ4v) is 3.41. The van der Waals surface area contributed by atoms with E-state index in [9.17, 15) is 14.7 Å². The van der Waals surface area contributed by atoms with Crippen molar-refractivity contribution < 1.29 is 19.8 Å². The van der Waals surface area contributed by atoms with Crippen molar-refractivity contribution in [2.45, 2.75) is 18.9 Å². The van der Waals surface area contributed by atoms with Crippen LogP contribution in [0, 0.1) is 5.92 Å². The number of carbonyl (C=O) groups is 2. The Labute approximate surface area is 156 Å². The zero-order valence-electron chi connectivity index (χ0n) is 14.1. The Morgan fingerprint density at radius 2 is 1.50 bits per heavy atom. The lowest BCUT2D eigenvalue weighted by Crippen LogP contribution is -2.39. The summed E-state index contributed by atoms with van der Waals surface area (Å²) in [6.45, 7) is 1.13. The first kappa shape index (κ1) is 18.4. The Bertz CT molecular complexity index is 780. The number of rotatable bonds is 4. The number of benzene rings is 2. The molecule has 1 atom stereocenters. The number of carboxylic acid groups (broad SMARTS) is 1. The van der Waals surface area contributed by atoms with Gasteiger partial charge in [0.1, 0.15) is 0 Å². The second-order valence-corrected chi connectivity index (χ2v) is 6.94. The lowest BCUT2D eigenvalue weighted by molar-refractivity contribution is 0.0462. The molecule has 5 nitrogen and oxygen atoms in total. The van der Waals surface area contributed by atoms with Crippen molar-refractivity contribution in [2.24, 2.45) is 5.92 Å². The molecule has 1 aliphatic rings. The van der Waals surface area contributed by atoms with Crippen molar-refractivity contribution >= 4 is 23.5 Å². The Morgan fingerprint density at radius 3 is 2.04 bits per heavy atom. The number of nitrogens with zero attached hydrogens (tertiary/aromatic N) is 1. The number of aliphatic hydroxyl groups is 1. The third-order valence-electron chi connectivity index (χ3n) is 4.86. The van der Waals surface area contributed by atoms with Gasteiger partial charge in [-0.25, -0.2) is 4.79 Å². The van der Waals surface area contributed by atoms with Crippen LogP contribution in [0.2, 0.25) is 5.02 Å². The molecule has 0 aromatic heterocycles. The van der Waals surface area contributed by atoms with Crippen LogP contribution in [0.25, 0.3) is 0 Å². The highest BCUT2D eigenvalue weighted by Gasteiger charge is 2.28. The molecule has 2 aromatic rings. The van der Waals surface area contributed by atoms with E-state index in [2.05, 4.69) is 0 Å². The summed E-state index contributed by atoms with van der Waals surface area (Å²) >= 11 is 5.88. The molecule has 26 heavy (non-hydrogen) atoms. The number of piperidine rings is 1. The average molecular weight is 374 g/mol. The van der Waals surface area contributed by atoms with Crippen molar-refractivity contribution in [3.63, 3.8) is 0 Å². The highest BCUT2D eigenvalue weighted by Crippen LogP contribution is 2.31. The van der Waals surface area contributed by atoms with Gasteiger partial charge in [-0.1, -0.05) is 23.7 Å². The van der Waals surface area contributed by atoms with Crippen LogP contribution in [-0.4, -0.2) is 40.1 Å². The van der Waals surface area contributed by atoms with Crippen LogP contribution < -0.4 is 0 Å². The summed E-state index contributed by atoms with van der Waals surface area (Å²) in [5.74, 6) is -1.03. The highest BCUT2D eigenvalue weighted by atomic mass is 35.5. The van der Waals surface area contributed by atoms with Crippen molar-refractivity contribution in [3.05, 3.63) is 70.2 Å². The second-order valence-electron chi connectivity index (χ2n) is 6.51. The molecule has 1 heterocycles. The molecule has 1 unspecified atom stereocenters. The van der Waals surface area contributed by atoms with E-state index in [-0.39, 0.29) is 17.4 Å². The fourth-order valence-electron chi connectivity index (χ4n) is 3.29. The lowest BCUT2D eigenvalue weighted by atomic mass is 9.87. The summed E-state index contributed by atoms with van der Waals surface area (Å²) < 4.78 is 0. The average Bonchev–Trinajstić information content (AvgIpc) is 2.67. The highest BCUT2D eigenvalue weighted by molar-refractivity contribution is 6.30. The van der Waals surface area contributed by atoms with E-state index in [4.69, 9.17) is 16.7 Å². The van der Waals surface area contributed by atoms with E-state index in [0.29, 0.717) is 36.5 Å². The molecule has 0 bridgehead atoms. The van der Waals surface area contributed by atoms with Crippen LogP contribution >= 0.6 is 11.6 Å². The van der Waals surface area contributed by atoms with Crippen LogP contribution in [0.5, 0.6) is 0 Å². The van der Waals surface area contributed by atoms with Crippen molar-refractivity contribution in [1.82, 2.24) is 4.90 Å². The van der Waals surface area contributed by atoms with Gasteiger partial charge in [0.05, 0.1) is 11.7 Å². The Kier molecular flexibility index (Phi) is 5.59. The smallest absolute Gasteiger partial charge is 0.335 e. The third kappa shape index (κ3) is 4.06. The molecule has 136 valence electrons. The number of amides is 1. The molecule has 2 aromatic carbocycles. The van der Waals surface area contributed by atoms with Gasteiger partial charge in [0.15, 0.2) is 0 Å². The van der Waals surface area contributed by atoms with E-state index in [1.54, 1.807) is 29.2 Å². The van der Waals surface area contributed by atoms with Gasteiger partial charge in [-0.3, -0.25) is 4.79 Å². The van der Waals surface area contributed by atoms with Crippen molar-refractivity contribution in [3.8, 4) is 0 Å². The van der Waals surface area contributed by atoms with E-state index in [1.807, 2.05) is 12.1 Å². The first-order valence-electron chi connectivity index (χ1n) is 8.52. The van der Waals surface area contributed by atoms with Crippen LogP contribution in [0.3, 0.4) is 0 Å². The molecular formula is C20H20ClNO4. The minimum Gasteiger partial charge on any atom is -0.478 e. The van der Waals surface area contributed by atoms with Gasteiger partial charge in [-0.2, -0.15) is 0 Å². The number of aromatic carboxylic acids is 1. The largest absolute Gasteiger partial charge is 0.478 e. The van der Waals surface area contributed by atoms with Gasteiger partial charge in [-0.15, -0.1) is 0 Å². The Hall–Kier alpha value is -2.37. The predicted molar refractivity (Wildman–Crippen MR) is 98.4 cm³/mol. The Morgan fingerprint density at radius 1 is 0.962 bits per heavy atom. The molecule has 0 saturated carbocycles. The van der Waals surface area contributed by atoms with E-state index >= 15 is 0 Å². The molecule has 1 saturated heterocycles. The number of hydrogen-bond acceptors (Lipinski definition) is 3. The van der Waals surface area contributed by atoms with Gasteiger partial charge in [0, 0.05) is 23.7 Å². The number of hydrogen-bond donors (Lipinski definition) is 2. The maximum atomic E-state index is 12.6. The monoisotopic (exact) mass is 373 g/mol. The van der Waals surface area contributed by atoms with E-state index in [1.165, 1.54) is 12.1 Å². The number of carbonyl (C=O) groups excluding carboxylic acids is 1. The first-order valence-corrected chi connectivity index (χ1v) is 8.89. The summed E-state index contributed by atoms with van der Waals surface area (Å²) in [6, 6.07) is 13.1. The molecule has 0 aliphatic carbocycles. The molecule has 0 spiro atoms. The molecule has 1 fully saturated rings. The van der Waals surface area contributed by atoms with Crippen molar-refractivity contribution in [1.29, 1.82) is 0 Å². The van der Waals surface area contributed by atoms with Gasteiger partial charge >= 0.3 is 5.97 Å². The van der Waals surface area contributed by atoms with Crippen LogP contribution in [-0.2, 0) is 0 Å². The number of carboxylic acids is 1. The summed E-state index contributed by atoms with van der Waals surface area (Å²) in [5, 5.41) is 20.1. The minimum absolute atomic E-state index is 0.0922. The van der Waals surface area contributed by atoms with Gasteiger partial charge < -0.3 is 15.1 Å². The Balaban J connectivity index is 1.59. The van der Waals surface area contributed by atoms with Gasteiger partial charge in [0.25, 0.3) is 5.91 Å². The van der Waals surface area contributed by atoms with Crippen LogP contribution in [0.15, 0.2) is 48.5 Å². The number of aliphatic hydroxyl groups excluding tert-OH is 1. The normalized spacial score (nSPS) is 16.3. The number of halogens is 1. The SMILES string of the molecule is O=C(O)c1ccc(C(=O)N2CCC(C(O)c3ccc(Cl)cc3)CC2)cc1. The molecule has 1 amide bonds. The summed E-state index contributed by atoms with van der Waals surface area (Å²) in [4.78, 5) is 25.2. The maximum absolute atomic E-state index is 12.6. The maximum Gasteiger partial charge on any atom is 0.335 e. The zero-order valence-corrected chi connectivity index (χ0v) is 14.9. The van der Waals surface area contributed by atoms with Crippen LogP contribution in [0.4, 0.5) is 0 Å². The quantitative estimate of drug-likeness (QED) is 0.857. The predicted octanol–water partition coefficient (Wildman–Crippen LogP) is 3.62. The molecule has 3 rings (SSSR count). The van der Waals surface area contributed by atoms with Crippen LogP contribution in [0.1, 0.15) is 45.2 Å². The summed E-state index contributed by atoms with van der Waals surface area (Å²) in [5.41, 5.74) is 1.47. The molecule has 6 heteroatoms.